The van der Waals surface area contributed by atoms with E-state index in [0.29, 0.717) is 12.8 Å². The lowest BCUT2D eigenvalue weighted by molar-refractivity contribution is -0.134. The quantitative estimate of drug-likeness (QED) is 0.453. The van der Waals surface area contributed by atoms with Gasteiger partial charge >= 0.3 is 0 Å². The minimum absolute atomic E-state index is 0.0613. The van der Waals surface area contributed by atoms with Gasteiger partial charge in [0.2, 0.25) is 0 Å². The molecule has 0 aromatic heterocycles. The summed E-state index contributed by atoms with van der Waals surface area (Å²) >= 11 is 0. The molecule has 0 heterocycles. The zero-order valence-corrected chi connectivity index (χ0v) is 5.73. The number of carbonyl (C=O) groups is 2. The van der Waals surface area contributed by atoms with Crippen molar-refractivity contribution in [1.82, 2.24) is 0 Å². The molecule has 1 saturated carbocycles. The Balaban J connectivity index is 2.76. The molecule has 2 heteroatoms. The lowest BCUT2D eigenvalue weighted by atomic mass is 9.92. The van der Waals surface area contributed by atoms with E-state index in [-0.39, 0.29) is 17.0 Å². The number of rotatable bonds is 0. The summed E-state index contributed by atoms with van der Waals surface area (Å²) in [5.74, 6) is -0.389. The Morgan fingerprint density at radius 2 is 1.44 bits per heavy atom. The van der Waals surface area contributed by atoms with Crippen LogP contribution in [0.15, 0.2) is 0 Å². The molecule has 0 aromatic carbocycles. The third-order valence-corrected chi connectivity index (χ3v) is 1.59. The van der Waals surface area contributed by atoms with Gasteiger partial charge in [0.25, 0.3) is 0 Å². The Hall–Kier alpha value is -0.660. The van der Waals surface area contributed by atoms with E-state index in [4.69, 9.17) is 0 Å². The summed E-state index contributed by atoms with van der Waals surface area (Å²) in [5, 5.41) is 0. The molecule has 2 nitrogen and oxygen atoms in total. The summed E-state index contributed by atoms with van der Waals surface area (Å²) < 4.78 is 0. The van der Waals surface area contributed by atoms with Gasteiger partial charge in [-0.2, -0.15) is 0 Å². The Bertz CT molecular complexity index is 150. The first-order valence-corrected chi connectivity index (χ1v) is 3.07. The van der Waals surface area contributed by atoms with E-state index >= 15 is 0 Å². The number of carbonyl (C=O) groups excluding carboxylic acids is 2. The van der Waals surface area contributed by atoms with Crippen LogP contribution in [-0.2, 0) is 9.59 Å². The van der Waals surface area contributed by atoms with E-state index in [2.05, 4.69) is 0 Å². The lowest BCUT2D eigenvalue weighted by Crippen LogP contribution is -2.04. The second-order valence-electron chi connectivity index (χ2n) is 3.36. The molecule has 0 spiro atoms. The standard InChI is InChI=1S/C7H10O2/c1-7(2)3-5(8)6(9)4-7/h3-4H2,1-2H3. The maximum absolute atomic E-state index is 10.6. The first-order valence-electron chi connectivity index (χ1n) is 3.07. The van der Waals surface area contributed by atoms with Gasteiger partial charge in [-0.1, -0.05) is 13.8 Å². The van der Waals surface area contributed by atoms with Gasteiger partial charge in [0.15, 0.2) is 11.6 Å². The summed E-state index contributed by atoms with van der Waals surface area (Å²) in [7, 11) is 0. The van der Waals surface area contributed by atoms with E-state index < -0.39 is 0 Å². The van der Waals surface area contributed by atoms with Gasteiger partial charge in [0, 0.05) is 12.8 Å². The average Bonchev–Trinajstić information content (AvgIpc) is 1.79. The van der Waals surface area contributed by atoms with Crippen molar-refractivity contribution >= 4 is 11.6 Å². The molecule has 0 aromatic rings. The Morgan fingerprint density at radius 3 is 1.56 bits per heavy atom. The van der Waals surface area contributed by atoms with Crippen LogP contribution >= 0.6 is 0 Å². The monoisotopic (exact) mass is 126 g/mol. The minimum Gasteiger partial charge on any atom is -0.291 e. The molecule has 0 amide bonds. The van der Waals surface area contributed by atoms with Crippen LogP contribution in [0.5, 0.6) is 0 Å². The predicted molar refractivity (Wildman–Crippen MR) is 33.0 cm³/mol. The highest BCUT2D eigenvalue weighted by atomic mass is 16.2. The Labute approximate surface area is 54.2 Å². The van der Waals surface area contributed by atoms with E-state index in [0.717, 1.165) is 0 Å². The molecule has 0 radical (unpaired) electrons. The molecule has 0 aliphatic heterocycles. The molecule has 1 fully saturated rings. The number of hydrogen-bond donors (Lipinski definition) is 0. The third-order valence-electron chi connectivity index (χ3n) is 1.59. The summed E-state index contributed by atoms with van der Waals surface area (Å²) in [6.07, 6.45) is 0.873. The molecule has 9 heavy (non-hydrogen) atoms. The lowest BCUT2D eigenvalue weighted by Gasteiger charge is -2.11. The fourth-order valence-electron chi connectivity index (χ4n) is 1.13. The summed E-state index contributed by atoms with van der Waals surface area (Å²) in [6.45, 7) is 3.88. The second kappa shape index (κ2) is 1.66. The molecule has 50 valence electrons. The first-order chi connectivity index (χ1) is 4.01. The van der Waals surface area contributed by atoms with Crippen molar-refractivity contribution in [2.75, 3.05) is 0 Å². The second-order valence-corrected chi connectivity index (χ2v) is 3.36. The van der Waals surface area contributed by atoms with Crippen molar-refractivity contribution in [2.24, 2.45) is 5.41 Å². The molecule has 0 bridgehead atoms. The zero-order valence-electron chi connectivity index (χ0n) is 5.73. The molecular weight excluding hydrogens is 116 g/mol. The van der Waals surface area contributed by atoms with E-state index in [9.17, 15) is 9.59 Å². The smallest absolute Gasteiger partial charge is 0.198 e. The Kier molecular flexibility index (Phi) is 1.19. The van der Waals surface area contributed by atoms with Crippen LogP contribution in [-0.4, -0.2) is 11.6 Å². The fraction of sp³-hybridized carbons (Fsp3) is 0.714. The molecule has 0 unspecified atom stereocenters. The molecule has 0 N–H and O–H groups in total. The van der Waals surface area contributed by atoms with Crippen LogP contribution < -0.4 is 0 Å². The molecule has 0 saturated heterocycles. The average molecular weight is 126 g/mol. The van der Waals surface area contributed by atoms with Crippen molar-refractivity contribution in [3.05, 3.63) is 0 Å². The van der Waals surface area contributed by atoms with Crippen molar-refractivity contribution in [3.63, 3.8) is 0 Å². The van der Waals surface area contributed by atoms with Crippen LogP contribution in [0.2, 0.25) is 0 Å². The van der Waals surface area contributed by atoms with Gasteiger partial charge in [-0.25, -0.2) is 0 Å². The van der Waals surface area contributed by atoms with Crippen LogP contribution in [0.25, 0.3) is 0 Å². The van der Waals surface area contributed by atoms with Crippen molar-refractivity contribution in [2.45, 2.75) is 26.7 Å². The molecule has 1 aliphatic carbocycles. The maximum atomic E-state index is 10.6. The number of ketones is 2. The van der Waals surface area contributed by atoms with Crippen LogP contribution in [0.4, 0.5) is 0 Å². The summed E-state index contributed by atoms with van der Waals surface area (Å²) in [5.41, 5.74) is -0.0613. The summed E-state index contributed by atoms with van der Waals surface area (Å²) in [6, 6.07) is 0. The van der Waals surface area contributed by atoms with E-state index in [1.54, 1.807) is 0 Å². The van der Waals surface area contributed by atoms with Gasteiger partial charge in [-0.05, 0) is 5.41 Å². The zero-order chi connectivity index (χ0) is 7.07. The van der Waals surface area contributed by atoms with Gasteiger partial charge in [0.05, 0.1) is 0 Å². The van der Waals surface area contributed by atoms with Crippen LogP contribution in [0, 0.1) is 5.41 Å². The molecule has 1 rings (SSSR count). The van der Waals surface area contributed by atoms with Gasteiger partial charge in [-0.3, -0.25) is 9.59 Å². The van der Waals surface area contributed by atoms with Crippen molar-refractivity contribution < 1.29 is 9.59 Å². The topological polar surface area (TPSA) is 34.1 Å². The predicted octanol–water partition coefficient (Wildman–Crippen LogP) is 0.945. The van der Waals surface area contributed by atoms with Gasteiger partial charge in [0.1, 0.15) is 0 Å². The van der Waals surface area contributed by atoms with E-state index in [1.165, 1.54) is 0 Å². The SMILES string of the molecule is CC1(C)CC(=O)C(=O)C1. The van der Waals surface area contributed by atoms with Crippen LogP contribution in [0.3, 0.4) is 0 Å². The van der Waals surface area contributed by atoms with Crippen LogP contribution in [0.1, 0.15) is 26.7 Å². The molecular formula is C7H10O2. The highest BCUT2D eigenvalue weighted by Crippen LogP contribution is 2.31. The first kappa shape index (κ1) is 6.46. The Morgan fingerprint density at radius 1 is 1.11 bits per heavy atom. The van der Waals surface area contributed by atoms with Crippen molar-refractivity contribution in [3.8, 4) is 0 Å². The largest absolute Gasteiger partial charge is 0.291 e. The fourth-order valence-corrected chi connectivity index (χ4v) is 1.13. The van der Waals surface area contributed by atoms with E-state index in [1.807, 2.05) is 13.8 Å². The van der Waals surface area contributed by atoms with Gasteiger partial charge in [-0.15, -0.1) is 0 Å². The number of hydrogen-bond acceptors (Lipinski definition) is 2. The highest BCUT2D eigenvalue weighted by molar-refractivity contribution is 6.39. The highest BCUT2D eigenvalue weighted by Gasteiger charge is 2.36. The van der Waals surface area contributed by atoms with Gasteiger partial charge < -0.3 is 0 Å². The molecule has 0 atom stereocenters. The number of Topliss-reactive ketones (excluding diaryl/α,β-unsaturated/α-hetero) is 2. The molecule has 1 aliphatic rings. The third kappa shape index (κ3) is 1.18. The minimum atomic E-state index is -0.194. The normalized spacial score (nSPS) is 25.1. The maximum Gasteiger partial charge on any atom is 0.198 e. The summed E-state index contributed by atoms with van der Waals surface area (Å²) in [4.78, 5) is 21.3. The van der Waals surface area contributed by atoms with Crippen molar-refractivity contribution in [1.29, 1.82) is 0 Å².